The quantitative estimate of drug-likeness (QED) is 0.118. The van der Waals surface area contributed by atoms with Crippen molar-refractivity contribution in [1.82, 2.24) is 0 Å². The van der Waals surface area contributed by atoms with E-state index in [9.17, 15) is 38.4 Å². The molecule has 0 aliphatic carbocycles. The number of rotatable bonds is 21. The van der Waals surface area contributed by atoms with Gasteiger partial charge in [0.2, 0.25) is 0 Å². The zero-order valence-corrected chi connectivity index (χ0v) is 45.7. The molecule has 1 unspecified atom stereocenters. The van der Waals surface area contributed by atoms with Crippen molar-refractivity contribution in [1.29, 1.82) is 0 Å². The second-order valence-electron chi connectivity index (χ2n) is 19.6. The van der Waals surface area contributed by atoms with Crippen LogP contribution in [0.5, 0.6) is 17.2 Å². The van der Waals surface area contributed by atoms with Crippen molar-refractivity contribution in [3.63, 3.8) is 0 Å². The molecule has 0 spiro atoms. The summed E-state index contributed by atoms with van der Waals surface area (Å²) in [5, 5.41) is 0. The Kier molecular flexibility index (Phi) is 24.2. The summed E-state index contributed by atoms with van der Waals surface area (Å²) in [5.41, 5.74) is 15.8. The van der Waals surface area contributed by atoms with Crippen LogP contribution in [0.2, 0.25) is 0 Å². The van der Waals surface area contributed by atoms with E-state index in [1.807, 2.05) is 41.5 Å². The van der Waals surface area contributed by atoms with Crippen molar-refractivity contribution in [2.75, 3.05) is 96.4 Å². The number of benzene rings is 3. The molecular weight excluding hydrogens is 1050 g/mol. The minimum atomic E-state index is -3.51. The summed E-state index contributed by atoms with van der Waals surface area (Å²) in [6, 6.07) is 17.9. The highest BCUT2D eigenvalue weighted by Crippen LogP contribution is 2.26. The highest BCUT2D eigenvalue weighted by atomic mass is 32.2. The van der Waals surface area contributed by atoms with E-state index in [1.54, 1.807) is 0 Å². The summed E-state index contributed by atoms with van der Waals surface area (Å²) >= 11 is 0. The van der Waals surface area contributed by atoms with Gasteiger partial charge in [0, 0.05) is 36.4 Å². The smallest absolute Gasteiger partial charge is 0.181 e. The maximum Gasteiger partial charge on any atom is 0.181 e. The first-order valence-corrected chi connectivity index (χ1v) is 28.8. The third-order valence-electron chi connectivity index (χ3n) is 11.3. The number of hydrogen-bond donors (Lipinski definition) is 3. The number of nitrogens with two attached hydrogens (primary N) is 3. The SMILES string of the molecule is CC1(C)COC(CS(=O)(=O)c2ccc(OC/C(=C/F)CN)cc2)CO1.CC1(C)CO[C@@H](CS(=O)(=O)c2ccc(OC/C(=C/F)CN)cc2)CO1.CC1(C)CO[C@H](CS(=O)(=O)c2ccc(OC/C(=C/F)CN)cc2)CO1. The van der Waals surface area contributed by atoms with E-state index in [2.05, 4.69) is 0 Å². The van der Waals surface area contributed by atoms with E-state index in [1.165, 1.54) is 72.8 Å². The lowest BCUT2D eigenvalue weighted by atomic mass is 10.1. The summed E-state index contributed by atoms with van der Waals surface area (Å²) in [6.45, 7) is 13.4. The van der Waals surface area contributed by atoms with Crippen molar-refractivity contribution < 1.29 is 81.1 Å². The van der Waals surface area contributed by atoms with Crippen molar-refractivity contribution in [2.24, 2.45) is 17.2 Å². The third kappa shape index (κ3) is 21.5. The van der Waals surface area contributed by atoms with Crippen molar-refractivity contribution >= 4 is 29.5 Å². The maximum atomic E-state index is 12.5. The second kappa shape index (κ2) is 28.8. The molecule has 3 aliphatic heterocycles. The predicted molar refractivity (Wildman–Crippen MR) is 276 cm³/mol. The van der Waals surface area contributed by atoms with E-state index >= 15 is 0 Å². The first-order chi connectivity index (χ1) is 35.3. The van der Waals surface area contributed by atoms with Gasteiger partial charge < -0.3 is 59.8 Å². The largest absolute Gasteiger partial charge is 0.489 e. The van der Waals surface area contributed by atoms with Crippen LogP contribution in [0.4, 0.5) is 13.2 Å². The molecule has 0 radical (unpaired) electrons. The molecule has 18 nitrogen and oxygen atoms in total. The zero-order valence-electron chi connectivity index (χ0n) is 43.2. The Morgan fingerprint density at radius 1 is 0.467 bits per heavy atom. The molecule has 3 heterocycles. The van der Waals surface area contributed by atoms with Crippen LogP contribution >= 0.6 is 0 Å². The van der Waals surface area contributed by atoms with Crippen LogP contribution < -0.4 is 31.4 Å². The summed E-state index contributed by atoms with van der Waals surface area (Å²) in [5.74, 6) is 0.865. The van der Waals surface area contributed by atoms with Crippen LogP contribution in [0, 0.1) is 0 Å². The molecule has 3 saturated heterocycles. The Bertz CT molecular complexity index is 2360. The van der Waals surface area contributed by atoms with Crippen LogP contribution in [0.1, 0.15) is 41.5 Å². The van der Waals surface area contributed by atoms with E-state index in [-0.39, 0.29) is 91.2 Å². The predicted octanol–water partition coefficient (Wildman–Crippen LogP) is 5.54. The van der Waals surface area contributed by atoms with E-state index in [0.717, 1.165) is 0 Å². The molecule has 420 valence electrons. The lowest BCUT2D eigenvalue weighted by molar-refractivity contribution is -0.168. The number of hydrogen-bond acceptors (Lipinski definition) is 18. The zero-order chi connectivity index (χ0) is 55.5. The number of ether oxygens (including phenoxy) is 9. The number of halogens is 3. The first-order valence-electron chi connectivity index (χ1n) is 23.8. The summed E-state index contributed by atoms with van der Waals surface area (Å²) in [6.07, 6.45) is -0.243. The molecule has 3 fully saturated rings. The summed E-state index contributed by atoms with van der Waals surface area (Å²) in [4.78, 5) is 0.523. The van der Waals surface area contributed by atoms with Gasteiger partial charge in [-0.05, 0) is 114 Å². The van der Waals surface area contributed by atoms with Gasteiger partial charge in [0.15, 0.2) is 29.5 Å². The standard InChI is InChI=1S/3C17H24FNO5S/c3*1-17(2)12-23-15(10-24-17)11-25(20,21)16-5-3-14(4-6-16)22-9-13(7-18)8-19/h3*3-7,15H,8-12,19H2,1-2H3/b3*13-7+/t2*15-;/m10./s1. The van der Waals surface area contributed by atoms with Crippen molar-refractivity contribution in [3.8, 4) is 17.2 Å². The van der Waals surface area contributed by atoms with Gasteiger partial charge in [-0.2, -0.15) is 0 Å². The highest BCUT2D eigenvalue weighted by molar-refractivity contribution is 7.92. The van der Waals surface area contributed by atoms with Crippen molar-refractivity contribution in [3.05, 3.63) is 109 Å². The van der Waals surface area contributed by atoms with Crippen LogP contribution in [0.25, 0.3) is 0 Å². The van der Waals surface area contributed by atoms with E-state index < -0.39 is 64.6 Å². The average Bonchev–Trinajstić information content (AvgIpc) is 3.37. The lowest BCUT2D eigenvalue weighted by Gasteiger charge is -2.34. The summed E-state index contributed by atoms with van der Waals surface area (Å²) in [7, 11) is -10.5. The minimum Gasteiger partial charge on any atom is -0.489 e. The molecule has 24 heteroatoms. The van der Waals surface area contributed by atoms with Gasteiger partial charge in [0.05, 0.1) is 126 Å². The fraction of sp³-hybridized carbons (Fsp3) is 0.529. The maximum absolute atomic E-state index is 12.5. The molecule has 0 saturated carbocycles. The van der Waals surface area contributed by atoms with Gasteiger partial charge in [-0.3, -0.25) is 0 Å². The van der Waals surface area contributed by atoms with Gasteiger partial charge in [-0.15, -0.1) is 0 Å². The molecule has 75 heavy (non-hydrogen) atoms. The molecule has 3 atom stereocenters. The second-order valence-corrected chi connectivity index (χ2v) is 25.7. The molecule has 3 aromatic carbocycles. The monoisotopic (exact) mass is 1120 g/mol. The Hall–Kier alpha value is -4.44. The third-order valence-corrected chi connectivity index (χ3v) is 16.7. The van der Waals surface area contributed by atoms with E-state index in [0.29, 0.717) is 72.8 Å². The van der Waals surface area contributed by atoms with Crippen LogP contribution in [0.3, 0.4) is 0 Å². The van der Waals surface area contributed by atoms with Crippen LogP contribution in [-0.4, -0.2) is 157 Å². The Morgan fingerprint density at radius 3 is 0.867 bits per heavy atom. The van der Waals surface area contributed by atoms with Gasteiger partial charge in [0.1, 0.15) is 37.1 Å². The van der Waals surface area contributed by atoms with Crippen molar-refractivity contribution in [2.45, 2.75) is 91.3 Å². The Balaban J connectivity index is 0.000000243. The fourth-order valence-corrected chi connectivity index (χ4v) is 10.9. The van der Waals surface area contributed by atoms with Gasteiger partial charge in [0.25, 0.3) is 0 Å². The molecule has 3 aliphatic rings. The van der Waals surface area contributed by atoms with Crippen LogP contribution in [-0.2, 0) is 57.9 Å². The molecule has 6 rings (SSSR count). The van der Waals surface area contributed by atoms with E-state index in [4.69, 9.17) is 59.8 Å². The molecule has 3 aromatic rings. The molecular formula is C51H72F3N3O15S3. The Labute approximate surface area is 439 Å². The highest BCUT2D eigenvalue weighted by Gasteiger charge is 2.34. The first kappa shape index (κ1) is 63.1. The van der Waals surface area contributed by atoms with Gasteiger partial charge >= 0.3 is 0 Å². The fourth-order valence-electron chi connectivity index (χ4n) is 6.65. The normalized spacial score (nSPS) is 21.1. The molecule has 0 aromatic heterocycles. The Morgan fingerprint density at radius 2 is 0.693 bits per heavy atom. The molecule has 0 bridgehead atoms. The molecule has 0 amide bonds. The number of sulfone groups is 3. The lowest BCUT2D eigenvalue weighted by Crippen LogP contribution is -2.44. The average molecular weight is 1120 g/mol. The van der Waals surface area contributed by atoms with Gasteiger partial charge in [-0.25, -0.2) is 38.4 Å². The molecule has 6 N–H and O–H groups in total. The van der Waals surface area contributed by atoms with Gasteiger partial charge in [-0.1, -0.05) is 0 Å². The van der Waals surface area contributed by atoms with Crippen LogP contribution in [0.15, 0.2) is 123 Å². The summed E-state index contributed by atoms with van der Waals surface area (Å²) < 4.78 is 162. The topological polar surface area (TPSA) is 264 Å². The minimum absolute atomic E-state index is 0.0160.